The molecule has 1 aliphatic carbocycles. The summed E-state index contributed by atoms with van der Waals surface area (Å²) in [4.78, 5) is 24.8. The molecule has 1 fully saturated rings. The maximum atomic E-state index is 12.4. The van der Waals surface area contributed by atoms with Crippen molar-refractivity contribution in [1.82, 2.24) is 0 Å². The van der Waals surface area contributed by atoms with E-state index in [2.05, 4.69) is 0 Å². The molecular weight excluding hydrogens is 335 g/mol. The van der Waals surface area contributed by atoms with E-state index < -0.39 is 28.6 Å². The highest BCUT2D eigenvalue weighted by atomic mass is 16.6. The van der Waals surface area contributed by atoms with Crippen LogP contribution in [0.5, 0.6) is 0 Å². The van der Waals surface area contributed by atoms with Crippen molar-refractivity contribution in [1.29, 1.82) is 0 Å². The number of carbonyl (C=O) groups is 2. The highest BCUT2D eigenvalue weighted by molar-refractivity contribution is 6.27. The predicted octanol–water partition coefficient (Wildman–Crippen LogP) is 2.89. The Hall–Kier alpha value is -1.08. The Balaban J connectivity index is 2.59. The zero-order valence-corrected chi connectivity index (χ0v) is 17.1. The first kappa shape index (κ1) is 23.0. The molecule has 1 radical (unpaired) electrons. The van der Waals surface area contributed by atoms with Gasteiger partial charge in [-0.2, -0.15) is 0 Å². The number of aliphatic hydroxyl groups is 1. The van der Waals surface area contributed by atoms with Crippen molar-refractivity contribution in [2.75, 3.05) is 13.2 Å². The van der Waals surface area contributed by atoms with E-state index in [4.69, 9.17) is 14.1 Å². The van der Waals surface area contributed by atoms with E-state index in [1.54, 1.807) is 35.2 Å². The first-order valence-electron chi connectivity index (χ1n) is 9.56. The second-order valence-corrected chi connectivity index (χ2v) is 8.06. The van der Waals surface area contributed by atoms with E-state index in [-0.39, 0.29) is 19.1 Å². The summed E-state index contributed by atoms with van der Waals surface area (Å²) >= 11 is 0. The van der Waals surface area contributed by atoms with Gasteiger partial charge in [0, 0.05) is 0 Å². The molecule has 0 bridgehead atoms. The summed E-state index contributed by atoms with van der Waals surface area (Å²) in [7, 11) is 1.71. The maximum Gasteiger partial charge on any atom is 0.323 e. The summed E-state index contributed by atoms with van der Waals surface area (Å²) in [5.74, 6) is -0.706. The molecule has 1 saturated carbocycles. The van der Waals surface area contributed by atoms with Crippen LogP contribution in [0.25, 0.3) is 0 Å². The number of ether oxygens (including phenoxy) is 2. The predicted molar refractivity (Wildman–Crippen MR) is 99.7 cm³/mol. The lowest BCUT2D eigenvalue weighted by Crippen LogP contribution is -2.48. The third-order valence-corrected chi connectivity index (χ3v) is 5.49. The fourth-order valence-corrected chi connectivity index (χ4v) is 3.10. The average molecular weight is 369 g/mol. The summed E-state index contributed by atoms with van der Waals surface area (Å²) in [5.41, 5.74) is -2.81. The molecule has 0 aromatic carbocycles. The Morgan fingerprint density at radius 3 is 2.12 bits per heavy atom. The number of esters is 2. The molecule has 7 heteroatoms. The van der Waals surface area contributed by atoms with Crippen molar-refractivity contribution in [2.24, 2.45) is 11.3 Å². The lowest BCUT2D eigenvalue weighted by atomic mass is 9.80. The largest absolute Gasteiger partial charge is 0.465 e. The standard InChI is InChI=1S/C19H34BO6/c1-7-24-15(21)19(16(22)25-8-2)11-9-14(13-19)10-12-20-26-18(5,6)17(3,4)23/h14,23H,7-13H2,1-6H3. The normalized spacial score (nSPS) is 19.9. The minimum absolute atomic E-state index is 0.230. The topological polar surface area (TPSA) is 82.1 Å². The average Bonchev–Trinajstić information content (AvgIpc) is 2.96. The van der Waals surface area contributed by atoms with Gasteiger partial charge in [0.25, 0.3) is 7.48 Å². The summed E-state index contributed by atoms with van der Waals surface area (Å²) in [6.07, 6.45) is 3.19. The number of rotatable bonds is 10. The van der Waals surface area contributed by atoms with Crippen LogP contribution in [0.2, 0.25) is 6.32 Å². The molecule has 1 rings (SSSR count). The van der Waals surface area contributed by atoms with Crippen LogP contribution in [0.3, 0.4) is 0 Å². The first-order valence-corrected chi connectivity index (χ1v) is 9.56. The van der Waals surface area contributed by atoms with Gasteiger partial charge in [-0.05, 0) is 66.7 Å². The van der Waals surface area contributed by atoms with E-state index in [1.165, 1.54) is 0 Å². The smallest absolute Gasteiger partial charge is 0.323 e. The van der Waals surface area contributed by atoms with Crippen LogP contribution < -0.4 is 0 Å². The summed E-state index contributed by atoms with van der Waals surface area (Å²) in [5, 5.41) is 10.1. The van der Waals surface area contributed by atoms with Crippen LogP contribution in [0.1, 0.15) is 67.2 Å². The van der Waals surface area contributed by atoms with Crippen molar-refractivity contribution in [3.05, 3.63) is 0 Å². The van der Waals surface area contributed by atoms with Gasteiger partial charge < -0.3 is 19.2 Å². The molecule has 26 heavy (non-hydrogen) atoms. The van der Waals surface area contributed by atoms with Gasteiger partial charge in [0.1, 0.15) is 0 Å². The van der Waals surface area contributed by atoms with Crippen LogP contribution >= 0.6 is 0 Å². The van der Waals surface area contributed by atoms with Crippen LogP contribution in [-0.4, -0.2) is 48.9 Å². The van der Waals surface area contributed by atoms with Crippen molar-refractivity contribution in [3.63, 3.8) is 0 Å². The highest BCUT2D eigenvalue weighted by Gasteiger charge is 2.53. The second kappa shape index (κ2) is 9.22. The van der Waals surface area contributed by atoms with Gasteiger partial charge in [0.2, 0.25) is 0 Å². The summed E-state index contributed by atoms with van der Waals surface area (Å²) < 4.78 is 16.0. The molecule has 0 spiro atoms. The molecular formula is C19H34BO6. The van der Waals surface area contributed by atoms with Crippen molar-refractivity contribution in [3.8, 4) is 0 Å². The van der Waals surface area contributed by atoms with E-state index in [0.29, 0.717) is 19.2 Å². The van der Waals surface area contributed by atoms with Crippen LogP contribution in [0, 0.1) is 11.3 Å². The molecule has 6 nitrogen and oxygen atoms in total. The molecule has 0 aromatic rings. The molecule has 1 N–H and O–H groups in total. The molecule has 0 amide bonds. The zero-order valence-electron chi connectivity index (χ0n) is 17.1. The molecule has 1 atom stereocenters. The summed E-state index contributed by atoms with van der Waals surface area (Å²) in [6, 6.07) is 0. The SMILES string of the molecule is CCOC(=O)C1(C(=O)OCC)CCC(CC[B]OC(C)(C)C(C)(C)O)C1. The number of carbonyl (C=O) groups excluding carboxylic acids is 2. The minimum atomic E-state index is -1.16. The minimum Gasteiger partial charge on any atom is -0.465 e. The molecule has 0 saturated heterocycles. The third-order valence-electron chi connectivity index (χ3n) is 5.49. The van der Waals surface area contributed by atoms with Crippen LogP contribution in [0.4, 0.5) is 0 Å². The Bertz CT molecular complexity index is 465. The van der Waals surface area contributed by atoms with E-state index >= 15 is 0 Å². The highest BCUT2D eigenvalue weighted by Crippen LogP contribution is 2.45. The molecule has 149 valence electrons. The van der Waals surface area contributed by atoms with Gasteiger partial charge in [-0.3, -0.25) is 9.59 Å². The Morgan fingerprint density at radius 1 is 1.12 bits per heavy atom. The van der Waals surface area contributed by atoms with E-state index in [1.807, 2.05) is 13.8 Å². The van der Waals surface area contributed by atoms with Gasteiger partial charge in [0.05, 0.1) is 24.4 Å². The van der Waals surface area contributed by atoms with Gasteiger partial charge >= 0.3 is 11.9 Å². The van der Waals surface area contributed by atoms with Gasteiger partial charge in [0.15, 0.2) is 5.41 Å². The van der Waals surface area contributed by atoms with Crippen molar-refractivity contribution >= 4 is 19.4 Å². The molecule has 1 aliphatic rings. The quantitative estimate of drug-likeness (QED) is 0.276. The second-order valence-electron chi connectivity index (χ2n) is 8.06. The third kappa shape index (κ3) is 5.46. The van der Waals surface area contributed by atoms with Crippen LogP contribution in [-0.2, 0) is 23.7 Å². The number of hydrogen-bond acceptors (Lipinski definition) is 6. The van der Waals surface area contributed by atoms with Gasteiger partial charge in [-0.15, -0.1) is 0 Å². The molecule has 0 heterocycles. The van der Waals surface area contributed by atoms with E-state index in [0.717, 1.165) is 12.8 Å². The molecule has 0 aromatic heterocycles. The Kier molecular flexibility index (Phi) is 8.15. The Morgan fingerprint density at radius 2 is 1.65 bits per heavy atom. The maximum absolute atomic E-state index is 12.4. The Labute approximate surface area is 158 Å². The lowest BCUT2D eigenvalue weighted by molar-refractivity contribution is -0.171. The monoisotopic (exact) mass is 369 g/mol. The van der Waals surface area contributed by atoms with Crippen LogP contribution in [0.15, 0.2) is 0 Å². The zero-order chi connectivity index (χ0) is 20.0. The van der Waals surface area contributed by atoms with Crippen molar-refractivity contribution < 1.29 is 28.8 Å². The lowest BCUT2D eigenvalue weighted by Gasteiger charge is -2.37. The molecule has 0 aliphatic heterocycles. The molecule has 1 unspecified atom stereocenters. The number of hydrogen-bond donors (Lipinski definition) is 1. The van der Waals surface area contributed by atoms with E-state index in [9.17, 15) is 14.7 Å². The van der Waals surface area contributed by atoms with Gasteiger partial charge in [-0.1, -0.05) is 12.7 Å². The summed E-state index contributed by atoms with van der Waals surface area (Å²) in [6.45, 7) is 11.1. The fourth-order valence-electron chi connectivity index (χ4n) is 3.10. The van der Waals surface area contributed by atoms with Crippen molar-refractivity contribution in [2.45, 2.75) is 84.7 Å². The fraction of sp³-hybridized carbons (Fsp3) is 0.895. The van der Waals surface area contributed by atoms with Gasteiger partial charge in [-0.25, -0.2) is 0 Å². The first-order chi connectivity index (χ1) is 12.0.